The summed E-state index contributed by atoms with van der Waals surface area (Å²) in [4.78, 5) is 47.2. The molecular formula is C20H23FN11O11PS. The fourth-order valence-electron chi connectivity index (χ4n) is 5.39. The van der Waals surface area contributed by atoms with Gasteiger partial charge in [-0.1, -0.05) is 0 Å². The number of carbonyl (C=O) groups excluding carboxylic acids is 1. The minimum Gasteiger partial charge on any atom is -0.386 e. The molecule has 2 unspecified atom stereocenters. The smallest absolute Gasteiger partial charge is 0.386 e. The summed E-state index contributed by atoms with van der Waals surface area (Å²) >= 11 is 0. The highest BCUT2D eigenvalue weighted by Gasteiger charge is 2.55. The largest absolute Gasteiger partial charge is 0.472 e. The monoisotopic (exact) mass is 675 g/mol. The molecule has 25 heteroatoms. The first-order valence-electron chi connectivity index (χ1n) is 13.0. The van der Waals surface area contributed by atoms with Gasteiger partial charge in [-0.2, -0.15) is 23.1 Å². The summed E-state index contributed by atoms with van der Waals surface area (Å²) in [6, 6.07) is -1.18. The summed E-state index contributed by atoms with van der Waals surface area (Å²) in [6.45, 7) is -1.60. The number of nitrogen functional groups attached to an aromatic ring is 1. The van der Waals surface area contributed by atoms with E-state index in [2.05, 4.69) is 34.7 Å². The van der Waals surface area contributed by atoms with Gasteiger partial charge in [0, 0.05) is 6.54 Å². The van der Waals surface area contributed by atoms with Crippen molar-refractivity contribution < 1.29 is 54.9 Å². The first kappa shape index (κ1) is 30.1. The molecule has 45 heavy (non-hydrogen) atoms. The van der Waals surface area contributed by atoms with Crippen molar-refractivity contribution in [1.82, 2.24) is 29.1 Å². The van der Waals surface area contributed by atoms with Crippen LogP contribution < -0.4 is 16.2 Å². The van der Waals surface area contributed by atoms with Crippen LogP contribution in [0, 0.1) is 0 Å². The van der Waals surface area contributed by atoms with Crippen molar-refractivity contribution in [2.45, 2.75) is 55.2 Å². The molecule has 7 N–H and O–H groups in total. The van der Waals surface area contributed by atoms with Crippen molar-refractivity contribution in [3.63, 3.8) is 0 Å². The second kappa shape index (κ2) is 10.8. The van der Waals surface area contributed by atoms with E-state index in [1.165, 1.54) is 0 Å². The van der Waals surface area contributed by atoms with Gasteiger partial charge in [-0.15, -0.1) is 0 Å². The number of rotatable bonds is 2. The summed E-state index contributed by atoms with van der Waals surface area (Å²) in [5, 5.41) is 11.1. The normalized spacial score (nSPS) is 39.8. The third kappa shape index (κ3) is 5.27. The van der Waals surface area contributed by atoms with Crippen LogP contribution in [-0.4, -0.2) is 129 Å². The average molecular weight is 676 g/mol. The van der Waals surface area contributed by atoms with Crippen LogP contribution >= 0.6 is 7.82 Å². The molecule has 1 amide bonds. The Morgan fingerprint density at radius 3 is 2.69 bits per heavy atom. The minimum atomic E-state index is -5.12. The van der Waals surface area contributed by atoms with E-state index in [4.69, 9.17) is 34.2 Å². The molecule has 0 aromatic carbocycles. The zero-order valence-corrected chi connectivity index (χ0v) is 24.1. The van der Waals surface area contributed by atoms with Crippen molar-refractivity contribution in [2.24, 2.45) is 20.7 Å². The minimum absolute atomic E-state index is 0.000266. The maximum atomic E-state index is 15.9. The van der Waals surface area contributed by atoms with Crippen molar-refractivity contribution in [3.8, 4) is 0 Å². The number of nitrogens with zero attached hydrogens (tertiary/aromatic N) is 8. The molecule has 0 radical (unpaired) electrons. The number of nitrogens with two attached hydrogens (primary N) is 2. The van der Waals surface area contributed by atoms with Gasteiger partial charge >= 0.3 is 18.1 Å². The molecule has 2 aromatic rings. The second-order valence-electron chi connectivity index (χ2n) is 10.2. The van der Waals surface area contributed by atoms with Gasteiger partial charge in [0.15, 0.2) is 42.0 Å². The van der Waals surface area contributed by atoms with E-state index in [0.717, 1.165) is 28.5 Å². The Morgan fingerprint density at radius 2 is 1.89 bits per heavy atom. The number of phosphoric ester groups is 1. The quantitative estimate of drug-likeness (QED) is 0.192. The molecule has 7 heterocycles. The molecule has 5 aliphatic rings. The summed E-state index contributed by atoms with van der Waals surface area (Å²) < 4.78 is 85.0. The predicted octanol–water partition coefficient (Wildman–Crippen LogP) is -3.57. The van der Waals surface area contributed by atoms with Crippen molar-refractivity contribution in [1.29, 1.82) is 0 Å². The number of aliphatic hydroxyl groups excluding tert-OH is 1. The van der Waals surface area contributed by atoms with Gasteiger partial charge in [-0.3, -0.25) is 28.3 Å². The van der Waals surface area contributed by atoms with Crippen molar-refractivity contribution in [3.05, 3.63) is 12.7 Å². The van der Waals surface area contributed by atoms with E-state index < -0.39 is 92.4 Å². The summed E-state index contributed by atoms with van der Waals surface area (Å²) in [5.74, 6) is -1.19. The number of amidine groups is 1. The summed E-state index contributed by atoms with van der Waals surface area (Å²) in [5.41, 5.74) is 11.6. The molecule has 7 rings (SSSR count). The zero-order chi connectivity index (χ0) is 31.8. The Bertz CT molecular complexity index is 1810. The predicted molar refractivity (Wildman–Crippen MR) is 144 cm³/mol. The van der Waals surface area contributed by atoms with Gasteiger partial charge in [0.1, 0.15) is 42.4 Å². The van der Waals surface area contributed by atoms with Crippen molar-refractivity contribution in [2.75, 3.05) is 18.9 Å². The number of imidazole rings is 1. The maximum absolute atomic E-state index is 15.9. The number of carbonyl (C=O) groups is 1. The van der Waals surface area contributed by atoms with E-state index in [0.29, 0.717) is 0 Å². The topological polar surface area (TPSA) is 303 Å². The fourth-order valence-corrected chi connectivity index (χ4v) is 7.32. The number of phosphoric acid groups is 1. The van der Waals surface area contributed by atoms with E-state index in [1.54, 1.807) is 0 Å². The highest BCUT2D eigenvalue weighted by molar-refractivity contribution is 7.84. The molecule has 10 atom stereocenters. The van der Waals surface area contributed by atoms with Crippen LogP contribution in [-0.2, 0) is 42.4 Å². The highest BCUT2D eigenvalue weighted by atomic mass is 32.2. The molecule has 5 aliphatic heterocycles. The van der Waals surface area contributed by atoms with Crippen LogP contribution in [0.3, 0.4) is 0 Å². The molecule has 2 aromatic heterocycles. The number of amides is 1. The van der Waals surface area contributed by atoms with Crippen LogP contribution in [0.4, 0.5) is 10.2 Å². The first-order chi connectivity index (χ1) is 21.3. The number of aliphatic imine (C=N–C) groups is 3. The number of guanidine groups is 1. The number of aromatic nitrogens is 4. The third-order valence-electron chi connectivity index (χ3n) is 7.40. The SMILES string of the molecule is NC1=NC(=O)C2N=CN([C@@H]3O[C@@H]4COP(=O)(O)O[C@H]5[C@@H](F)[C@H](n6cnc7c(N)ncnc76)O[C@@H]5CNS(=O)(=O)O[C@H]4[C@H]3O)C2=N1. The van der Waals surface area contributed by atoms with Gasteiger partial charge in [0.2, 0.25) is 5.96 Å². The maximum Gasteiger partial charge on any atom is 0.472 e. The van der Waals surface area contributed by atoms with Gasteiger partial charge in [-0.25, -0.2) is 28.1 Å². The molecule has 0 bridgehead atoms. The lowest BCUT2D eigenvalue weighted by atomic mass is 10.1. The Balaban J connectivity index is 1.14. The standard InChI is InChI=1S/C20H23FN11O11PS/c21-8-12-6(40-18(8)31-4-26-9-14(22)24-3-25-15(9)31)1-28-45(37,38)43-13-7(2-39-44(35,36)42-12)41-19(11(13)33)32-5-27-10-16(32)29-20(23)30-17(10)34/h3-8,10-13,18-19,28,33H,1-2H2,(H,35,36)(H2,22,24,25)(H2,23,30,34)/t6-,7-,8-,10?,11-,12-,13-,18-,19-/m1/s1. The summed E-state index contributed by atoms with van der Waals surface area (Å²) in [6.07, 6.45) is -10.3. The number of ether oxygens (including phenoxy) is 2. The molecule has 242 valence electrons. The molecule has 0 spiro atoms. The number of aliphatic hydroxyl groups is 1. The lowest BCUT2D eigenvalue weighted by Gasteiger charge is -2.27. The number of hydrogen-bond donors (Lipinski definition) is 5. The van der Waals surface area contributed by atoms with Crippen LogP contribution in [0.15, 0.2) is 27.6 Å². The summed E-state index contributed by atoms with van der Waals surface area (Å²) in [7, 11) is -9.87. The number of nitrogens with one attached hydrogen (secondary N) is 1. The molecule has 22 nitrogen and oxygen atoms in total. The second-order valence-corrected chi connectivity index (χ2v) is 13.0. The van der Waals surface area contributed by atoms with Gasteiger partial charge in [-0.05, 0) is 0 Å². The Hall–Kier alpha value is -3.58. The average Bonchev–Trinajstić information content (AvgIpc) is 3.72. The van der Waals surface area contributed by atoms with E-state index in [-0.39, 0.29) is 28.8 Å². The van der Waals surface area contributed by atoms with Crippen LogP contribution in [0.25, 0.3) is 11.2 Å². The molecule has 0 saturated carbocycles. The Morgan fingerprint density at radius 1 is 1.11 bits per heavy atom. The van der Waals surface area contributed by atoms with Gasteiger partial charge in [0.25, 0.3) is 5.91 Å². The number of fused-ring (bicyclic) bond motifs is 4. The van der Waals surface area contributed by atoms with Crippen LogP contribution in [0.2, 0.25) is 0 Å². The van der Waals surface area contributed by atoms with Crippen LogP contribution in [0.1, 0.15) is 6.23 Å². The van der Waals surface area contributed by atoms with Gasteiger partial charge < -0.3 is 30.9 Å². The number of alkyl halides is 1. The van der Waals surface area contributed by atoms with E-state index in [1.807, 2.05) is 0 Å². The third-order valence-corrected chi connectivity index (χ3v) is 9.39. The molecular weight excluding hydrogens is 652 g/mol. The van der Waals surface area contributed by atoms with Crippen molar-refractivity contribution >= 4 is 59.1 Å². The highest BCUT2D eigenvalue weighted by Crippen LogP contribution is 2.50. The Labute approximate surface area is 250 Å². The van der Waals surface area contributed by atoms with Gasteiger partial charge in [0.05, 0.1) is 19.3 Å². The Kier molecular flexibility index (Phi) is 7.19. The van der Waals surface area contributed by atoms with Crippen LogP contribution in [0.5, 0.6) is 0 Å². The number of hydrogen-bond acceptors (Lipinski definition) is 18. The molecule has 3 saturated heterocycles. The number of anilines is 1. The van der Waals surface area contributed by atoms with E-state index >= 15 is 4.39 Å². The van der Waals surface area contributed by atoms with E-state index in [9.17, 15) is 27.8 Å². The number of halogens is 1. The first-order valence-corrected chi connectivity index (χ1v) is 15.9. The molecule has 0 aliphatic carbocycles. The fraction of sp³-hybridized carbons (Fsp3) is 0.550. The lowest BCUT2D eigenvalue weighted by molar-refractivity contribution is -0.117. The zero-order valence-electron chi connectivity index (χ0n) is 22.4. The molecule has 3 fully saturated rings. The lowest BCUT2D eigenvalue weighted by Crippen LogP contribution is -2.50.